The van der Waals surface area contributed by atoms with E-state index in [9.17, 15) is 4.79 Å². The number of carbonyl (C=O) groups excluding carboxylic acids is 1. The first-order chi connectivity index (χ1) is 12.8. The average Bonchev–Trinajstić information content (AvgIpc) is 3.35. The Bertz CT molecular complexity index is 888. The van der Waals surface area contributed by atoms with Crippen LogP contribution < -0.4 is 5.32 Å². The Morgan fingerprint density at radius 3 is 2.92 bits per heavy atom. The highest BCUT2D eigenvalue weighted by Crippen LogP contribution is 2.22. The maximum Gasteiger partial charge on any atom is 0.251 e. The van der Waals surface area contributed by atoms with E-state index >= 15 is 0 Å². The highest BCUT2D eigenvalue weighted by molar-refractivity contribution is 7.98. The zero-order valence-corrected chi connectivity index (χ0v) is 15.1. The van der Waals surface area contributed by atoms with Crippen molar-refractivity contribution in [2.24, 2.45) is 0 Å². The number of fused-ring (bicyclic) bond motifs is 1. The van der Waals surface area contributed by atoms with Gasteiger partial charge in [0.25, 0.3) is 5.91 Å². The second-order valence-corrected chi connectivity index (χ2v) is 7.18. The Morgan fingerprint density at radius 2 is 2.12 bits per heavy atom. The van der Waals surface area contributed by atoms with E-state index in [1.165, 1.54) is 0 Å². The number of carbonyl (C=O) groups is 1. The number of rotatable bonds is 6. The second-order valence-electron chi connectivity index (χ2n) is 6.24. The molecule has 0 saturated carbocycles. The van der Waals surface area contributed by atoms with Crippen LogP contribution in [-0.2, 0) is 10.5 Å². The number of nitrogens with one attached hydrogen (secondary N) is 1. The summed E-state index contributed by atoms with van der Waals surface area (Å²) in [6, 6.07) is 13.5. The first-order valence-electron chi connectivity index (χ1n) is 8.71. The number of ether oxygens (including phenoxy) is 1. The van der Waals surface area contributed by atoms with Crippen molar-refractivity contribution in [1.29, 1.82) is 0 Å². The van der Waals surface area contributed by atoms with Gasteiger partial charge in [0.1, 0.15) is 0 Å². The first kappa shape index (κ1) is 17.1. The minimum atomic E-state index is -0.0526. The highest BCUT2D eigenvalue weighted by atomic mass is 32.2. The fourth-order valence-electron chi connectivity index (χ4n) is 2.93. The van der Waals surface area contributed by atoms with Crippen molar-refractivity contribution < 1.29 is 9.53 Å². The number of hydrogen-bond donors (Lipinski definition) is 1. The molecule has 1 unspecified atom stereocenters. The van der Waals surface area contributed by atoms with E-state index < -0.39 is 0 Å². The molecule has 134 valence electrons. The molecule has 1 saturated heterocycles. The zero-order valence-electron chi connectivity index (χ0n) is 14.3. The summed E-state index contributed by atoms with van der Waals surface area (Å²) >= 11 is 1.62. The number of hydrogen-bond acceptors (Lipinski definition) is 5. The van der Waals surface area contributed by atoms with Gasteiger partial charge >= 0.3 is 0 Å². The summed E-state index contributed by atoms with van der Waals surface area (Å²) in [5.41, 5.74) is 2.65. The number of pyridine rings is 1. The Labute approximate surface area is 156 Å². The van der Waals surface area contributed by atoms with E-state index in [1.54, 1.807) is 11.8 Å². The molecule has 1 amide bonds. The Morgan fingerprint density at radius 1 is 1.23 bits per heavy atom. The van der Waals surface area contributed by atoms with Crippen molar-refractivity contribution in [3.8, 4) is 0 Å². The smallest absolute Gasteiger partial charge is 0.251 e. The van der Waals surface area contributed by atoms with Gasteiger partial charge in [0.15, 0.2) is 10.8 Å². The molecule has 2 aromatic heterocycles. The molecule has 7 heteroatoms. The molecule has 0 bridgehead atoms. The van der Waals surface area contributed by atoms with Crippen LogP contribution in [0.15, 0.2) is 53.8 Å². The Kier molecular flexibility index (Phi) is 5.17. The van der Waals surface area contributed by atoms with Crippen LogP contribution in [0.3, 0.4) is 0 Å². The lowest BCUT2D eigenvalue weighted by Gasteiger charge is -2.11. The minimum absolute atomic E-state index is 0.0526. The second kappa shape index (κ2) is 7.88. The monoisotopic (exact) mass is 368 g/mol. The maximum absolute atomic E-state index is 12.2. The van der Waals surface area contributed by atoms with Crippen molar-refractivity contribution >= 4 is 23.3 Å². The van der Waals surface area contributed by atoms with Crippen LogP contribution in [0.5, 0.6) is 0 Å². The third-order valence-corrected chi connectivity index (χ3v) is 5.40. The third kappa shape index (κ3) is 3.89. The van der Waals surface area contributed by atoms with E-state index in [0.717, 1.165) is 41.6 Å². The van der Waals surface area contributed by atoms with E-state index in [4.69, 9.17) is 4.74 Å². The van der Waals surface area contributed by atoms with Crippen molar-refractivity contribution in [3.05, 3.63) is 59.8 Å². The standard InChI is InChI=1S/C19H20N4O2S/c24-18(20-12-16-4-3-11-25-16)15-8-6-14(7-9-15)13-26-19-22-21-17-5-1-2-10-23(17)19/h1-2,5-10,16H,3-4,11-13H2,(H,20,24). The summed E-state index contributed by atoms with van der Waals surface area (Å²) in [5, 5.41) is 12.2. The molecule has 1 fully saturated rings. The molecule has 1 atom stereocenters. The molecule has 1 aliphatic heterocycles. The molecule has 26 heavy (non-hydrogen) atoms. The highest BCUT2D eigenvalue weighted by Gasteiger charge is 2.16. The lowest BCUT2D eigenvalue weighted by Crippen LogP contribution is -2.31. The minimum Gasteiger partial charge on any atom is -0.376 e. The van der Waals surface area contributed by atoms with Crippen molar-refractivity contribution in [2.45, 2.75) is 29.9 Å². The van der Waals surface area contributed by atoms with Gasteiger partial charge in [0.05, 0.1) is 6.10 Å². The Hall–Kier alpha value is -2.38. The molecule has 1 aliphatic rings. The van der Waals surface area contributed by atoms with Crippen LogP contribution in [0, 0.1) is 0 Å². The summed E-state index contributed by atoms with van der Waals surface area (Å²) in [5.74, 6) is 0.719. The molecule has 1 aromatic carbocycles. The number of nitrogens with zero attached hydrogens (tertiary/aromatic N) is 3. The van der Waals surface area contributed by atoms with E-state index in [0.29, 0.717) is 12.1 Å². The fraction of sp³-hybridized carbons (Fsp3) is 0.316. The first-order valence-corrected chi connectivity index (χ1v) is 9.69. The lowest BCUT2D eigenvalue weighted by molar-refractivity contribution is 0.0858. The van der Waals surface area contributed by atoms with Crippen LogP contribution in [0.2, 0.25) is 0 Å². The topological polar surface area (TPSA) is 68.5 Å². The predicted molar refractivity (Wildman–Crippen MR) is 100 cm³/mol. The van der Waals surface area contributed by atoms with Gasteiger partial charge in [-0.25, -0.2) is 0 Å². The van der Waals surface area contributed by atoms with Crippen LogP contribution in [0.4, 0.5) is 0 Å². The quantitative estimate of drug-likeness (QED) is 0.678. The van der Waals surface area contributed by atoms with Gasteiger partial charge in [0.2, 0.25) is 0 Å². The Balaban J connectivity index is 1.33. The van der Waals surface area contributed by atoms with Crippen LogP contribution in [-0.4, -0.2) is 39.8 Å². The SMILES string of the molecule is O=C(NCC1CCCO1)c1ccc(CSc2nnc3ccccn23)cc1. The average molecular weight is 368 g/mol. The summed E-state index contributed by atoms with van der Waals surface area (Å²) in [7, 11) is 0. The summed E-state index contributed by atoms with van der Waals surface area (Å²) in [4.78, 5) is 12.2. The van der Waals surface area contributed by atoms with E-state index in [-0.39, 0.29) is 12.0 Å². The van der Waals surface area contributed by atoms with Crippen molar-refractivity contribution in [3.63, 3.8) is 0 Å². The van der Waals surface area contributed by atoms with Gasteiger partial charge in [0, 0.05) is 30.7 Å². The van der Waals surface area contributed by atoms with Crippen LogP contribution in [0.25, 0.3) is 5.65 Å². The molecule has 1 N–H and O–H groups in total. The number of amides is 1. The number of thioether (sulfide) groups is 1. The molecule has 3 heterocycles. The molecule has 3 aromatic rings. The summed E-state index contributed by atoms with van der Waals surface area (Å²) in [6.07, 6.45) is 4.22. The summed E-state index contributed by atoms with van der Waals surface area (Å²) in [6.45, 7) is 1.38. The molecular weight excluding hydrogens is 348 g/mol. The maximum atomic E-state index is 12.2. The molecule has 0 aliphatic carbocycles. The zero-order chi connectivity index (χ0) is 17.8. The molecule has 0 spiro atoms. The van der Waals surface area contributed by atoms with E-state index in [2.05, 4.69) is 15.5 Å². The number of benzene rings is 1. The van der Waals surface area contributed by atoms with Gasteiger partial charge in [-0.15, -0.1) is 10.2 Å². The van der Waals surface area contributed by atoms with Crippen molar-refractivity contribution in [1.82, 2.24) is 19.9 Å². The number of aromatic nitrogens is 3. The molecular formula is C19H20N4O2S. The normalized spacial score (nSPS) is 16.8. The van der Waals surface area contributed by atoms with Gasteiger partial charge in [-0.05, 0) is 42.7 Å². The van der Waals surface area contributed by atoms with Crippen LogP contribution in [0.1, 0.15) is 28.8 Å². The van der Waals surface area contributed by atoms with Gasteiger partial charge in [-0.1, -0.05) is 30.0 Å². The van der Waals surface area contributed by atoms with E-state index in [1.807, 2.05) is 53.1 Å². The molecule has 6 nitrogen and oxygen atoms in total. The largest absolute Gasteiger partial charge is 0.376 e. The fourth-order valence-corrected chi connectivity index (χ4v) is 3.81. The molecule has 4 rings (SSSR count). The van der Waals surface area contributed by atoms with Gasteiger partial charge in [-0.2, -0.15) is 0 Å². The lowest BCUT2D eigenvalue weighted by atomic mass is 10.1. The third-order valence-electron chi connectivity index (χ3n) is 4.38. The summed E-state index contributed by atoms with van der Waals surface area (Å²) < 4.78 is 7.50. The van der Waals surface area contributed by atoms with Gasteiger partial charge in [-0.3, -0.25) is 9.20 Å². The van der Waals surface area contributed by atoms with Crippen LogP contribution >= 0.6 is 11.8 Å². The predicted octanol–water partition coefficient (Wildman–Crippen LogP) is 2.93. The van der Waals surface area contributed by atoms with Gasteiger partial charge < -0.3 is 10.1 Å². The molecule has 0 radical (unpaired) electrons. The van der Waals surface area contributed by atoms with Crippen molar-refractivity contribution in [2.75, 3.05) is 13.2 Å².